The van der Waals surface area contributed by atoms with Crippen LogP contribution in [0.1, 0.15) is 24.9 Å². The number of aryl methyl sites for hydroxylation is 1. The summed E-state index contributed by atoms with van der Waals surface area (Å²) in [5.74, 6) is 1.14. The molecule has 0 aliphatic carbocycles. The number of carbonyl (C=O) groups is 1. The molecule has 0 aromatic carbocycles. The first-order valence-electron chi connectivity index (χ1n) is 5.01. The Morgan fingerprint density at radius 3 is 3.00 bits per heavy atom. The van der Waals surface area contributed by atoms with Crippen molar-refractivity contribution in [1.29, 1.82) is 0 Å². The van der Waals surface area contributed by atoms with Gasteiger partial charge in [-0.1, -0.05) is 6.92 Å². The van der Waals surface area contributed by atoms with E-state index in [0.717, 1.165) is 24.5 Å². The smallest absolute Gasteiger partial charge is 0.242 e. The molecule has 1 aromatic heterocycles. The van der Waals surface area contributed by atoms with Crippen molar-refractivity contribution < 1.29 is 4.79 Å². The quantitative estimate of drug-likeness (QED) is 0.701. The summed E-state index contributed by atoms with van der Waals surface area (Å²) >= 11 is 0. The summed E-state index contributed by atoms with van der Waals surface area (Å²) in [7, 11) is 0. The molecule has 0 bridgehead atoms. The highest BCUT2D eigenvalue weighted by Crippen LogP contribution is 2.15. The largest absolute Gasteiger partial charge is 0.335 e. The van der Waals surface area contributed by atoms with Crippen LogP contribution in [0.4, 0.5) is 0 Å². The molecule has 0 unspecified atom stereocenters. The van der Waals surface area contributed by atoms with E-state index in [4.69, 9.17) is 0 Å². The van der Waals surface area contributed by atoms with Crippen LogP contribution in [0.2, 0.25) is 0 Å². The van der Waals surface area contributed by atoms with E-state index in [1.54, 1.807) is 0 Å². The standard InChI is InChI=1S/C10H15N3O/c1-3-4-12-6-9-5-11-8(2)13(9)7-10(12)14/h5H,3-4,6-7H2,1-2H3. The minimum atomic E-state index is 0.209. The Hall–Kier alpha value is -1.32. The van der Waals surface area contributed by atoms with Crippen molar-refractivity contribution in [2.75, 3.05) is 6.54 Å². The van der Waals surface area contributed by atoms with Crippen LogP contribution in [0.25, 0.3) is 0 Å². The van der Waals surface area contributed by atoms with Crippen LogP contribution in [0, 0.1) is 6.92 Å². The van der Waals surface area contributed by atoms with Gasteiger partial charge >= 0.3 is 0 Å². The van der Waals surface area contributed by atoms with Crippen LogP contribution in [0.5, 0.6) is 0 Å². The van der Waals surface area contributed by atoms with Crippen molar-refractivity contribution in [2.45, 2.75) is 33.4 Å². The zero-order valence-electron chi connectivity index (χ0n) is 8.66. The van der Waals surface area contributed by atoms with Gasteiger partial charge in [0, 0.05) is 6.54 Å². The molecule has 0 radical (unpaired) electrons. The predicted octanol–water partition coefficient (Wildman–Crippen LogP) is 0.944. The van der Waals surface area contributed by atoms with Gasteiger partial charge in [-0.05, 0) is 13.3 Å². The Balaban J connectivity index is 2.23. The van der Waals surface area contributed by atoms with Crippen LogP contribution in [-0.4, -0.2) is 26.9 Å². The fraction of sp³-hybridized carbons (Fsp3) is 0.600. The molecule has 0 saturated carbocycles. The highest BCUT2D eigenvalue weighted by atomic mass is 16.2. The highest BCUT2D eigenvalue weighted by molar-refractivity contribution is 5.77. The van der Waals surface area contributed by atoms with E-state index in [-0.39, 0.29) is 5.91 Å². The maximum atomic E-state index is 11.7. The second-order valence-corrected chi connectivity index (χ2v) is 3.70. The minimum absolute atomic E-state index is 0.209. The van der Waals surface area contributed by atoms with E-state index < -0.39 is 0 Å². The predicted molar refractivity (Wildman–Crippen MR) is 52.7 cm³/mol. The van der Waals surface area contributed by atoms with Gasteiger partial charge in [0.25, 0.3) is 0 Å². The highest BCUT2D eigenvalue weighted by Gasteiger charge is 2.23. The average molecular weight is 193 g/mol. The first-order chi connectivity index (χ1) is 6.72. The van der Waals surface area contributed by atoms with Gasteiger partial charge in [-0.15, -0.1) is 0 Å². The van der Waals surface area contributed by atoms with Gasteiger partial charge < -0.3 is 9.47 Å². The third kappa shape index (κ3) is 1.41. The molecule has 1 aliphatic rings. The van der Waals surface area contributed by atoms with Crippen LogP contribution in [0.15, 0.2) is 6.20 Å². The number of hydrogen-bond acceptors (Lipinski definition) is 2. The number of aromatic nitrogens is 2. The summed E-state index contributed by atoms with van der Waals surface area (Å²) in [6, 6.07) is 0. The number of imidazole rings is 1. The molecule has 0 N–H and O–H groups in total. The summed E-state index contributed by atoms with van der Waals surface area (Å²) in [5, 5.41) is 0. The molecule has 2 heterocycles. The van der Waals surface area contributed by atoms with Crippen molar-refractivity contribution in [3.63, 3.8) is 0 Å². The lowest BCUT2D eigenvalue weighted by Gasteiger charge is -2.28. The monoisotopic (exact) mass is 193 g/mol. The SMILES string of the molecule is CCCN1Cc2cnc(C)n2CC1=O. The lowest BCUT2D eigenvalue weighted by molar-refractivity contribution is -0.134. The van der Waals surface area contributed by atoms with Gasteiger partial charge in [-0.2, -0.15) is 0 Å². The Morgan fingerprint density at radius 2 is 2.29 bits per heavy atom. The van der Waals surface area contributed by atoms with Crippen LogP contribution >= 0.6 is 0 Å². The van der Waals surface area contributed by atoms with Crippen molar-refractivity contribution in [1.82, 2.24) is 14.5 Å². The van der Waals surface area contributed by atoms with Gasteiger partial charge in [0.1, 0.15) is 12.4 Å². The van der Waals surface area contributed by atoms with E-state index in [1.165, 1.54) is 0 Å². The van der Waals surface area contributed by atoms with Crippen molar-refractivity contribution in [2.24, 2.45) is 0 Å². The van der Waals surface area contributed by atoms with E-state index in [9.17, 15) is 4.79 Å². The molecule has 4 heteroatoms. The first kappa shape index (κ1) is 9.24. The fourth-order valence-electron chi connectivity index (χ4n) is 1.85. The number of fused-ring (bicyclic) bond motifs is 1. The lowest BCUT2D eigenvalue weighted by atomic mass is 10.3. The van der Waals surface area contributed by atoms with Crippen LogP contribution in [0.3, 0.4) is 0 Å². The molecule has 1 amide bonds. The number of nitrogens with zero attached hydrogens (tertiary/aromatic N) is 3. The molecular weight excluding hydrogens is 178 g/mol. The zero-order chi connectivity index (χ0) is 10.1. The Labute approximate surface area is 83.5 Å². The summed E-state index contributed by atoms with van der Waals surface area (Å²) in [6.45, 7) is 6.05. The number of hydrogen-bond donors (Lipinski definition) is 0. The second-order valence-electron chi connectivity index (χ2n) is 3.70. The Morgan fingerprint density at radius 1 is 1.50 bits per heavy atom. The van der Waals surface area contributed by atoms with Gasteiger partial charge in [0.15, 0.2) is 0 Å². The molecule has 0 atom stereocenters. The summed E-state index contributed by atoms with van der Waals surface area (Å²) in [6.07, 6.45) is 2.88. The van der Waals surface area contributed by atoms with E-state index in [0.29, 0.717) is 13.1 Å². The molecule has 1 aliphatic heterocycles. The maximum Gasteiger partial charge on any atom is 0.242 e. The van der Waals surface area contributed by atoms with E-state index in [2.05, 4.69) is 11.9 Å². The van der Waals surface area contributed by atoms with Crippen molar-refractivity contribution >= 4 is 5.91 Å². The van der Waals surface area contributed by atoms with Crippen molar-refractivity contribution in [3.8, 4) is 0 Å². The first-order valence-corrected chi connectivity index (χ1v) is 5.01. The van der Waals surface area contributed by atoms with Crippen LogP contribution < -0.4 is 0 Å². The zero-order valence-corrected chi connectivity index (χ0v) is 8.66. The van der Waals surface area contributed by atoms with E-state index >= 15 is 0 Å². The molecule has 0 spiro atoms. The van der Waals surface area contributed by atoms with Gasteiger partial charge in [-0.3, -0.25) is 4.79 Å². The van der Waals surface area contributed by atoms with Gasteiger partial charge in [-0.25, -0.2) is 4.98 Å². The van der Waals surface area contributed by atoms with Gasteiger partial charge in [0.05, 0.1) is 18.4 Å². The normalized spacial score (nSPS) is 15.9. The fourth-order valence-corrected chi connectivity index (χ4v) is 1.85. The average Bonchev–Trinajstić information content (AvgIpc) is 2.50. The third-order valence-electron chi connectivity index (χ3n) is 2.63. The number of rotatable bonds is 2. The molecule has 4 nitrogen and oxygen atoms in total. The minimum Gasteiger partial charge on any atom is -0.335 e. The topological polar surface area (TPSA) is 38.1 Å². The third-order valence-corrected chi connectivity index (χ3v) is 2.63. The molecular formula is C10H15N3O. The molecule has 76 valence electrons. The van der Waals surface area contributed by atoms with E-state index in [1.807, 2.05) is 22.6 Å². The molecule has 14 heavy (non-hydrogen) atoms. The van der Waals surface area contributed by atoms with Crippen molar-refractivity contribution in [3.05, 3.63) is 17.7 Å². The molecule has 0 fully saturated rings. The maximum absolute atomic E-state index is 11.7. The molecule has 1 aromatic rings. The lowest BCUT2D eigenvalue weighted by Crippen LogP contribution is -2.39. The summed E-state index contributed by atoms with van der Waals surface area (Å²) in [5.41, 5.74) is 1.15. The molecule has 2 rings (SSSR count). The Bertz CT molecular complexity index is 356. The summed E-state index contributed by atoms with van der Waals surface area (Å²) in [4.78, 5) is 17.8. The van der Waals surface area contributed by atoms with Gasteiger partial charge in [0.2, 0.25) is 5.91 Å². The molecule has 0 saturated heterocycles. The second kappa shape index (κ2) is 3.44. The van der Waals surface area contributed by atoms with Crippen LogP contribution in [-0.2, 0) is 17.9 Å². The summed E-state index contributed by atoms with van der Waals surface area (Å²) < 4.78 is 1.99. The number of amides is 1. The number of carbonyl (C=O) groups excluding carboxylic acids is 1. The Kier molecular flexibility index (Phi) is 2.27.